The Morgan fingerprint density at radius 1 is 1.21 bits per heavy atom. The predicted octanol–water partition coefficient (Wildman–Crippen LogP) is 3.16. The highest BCUT2D eigenvalue weighted by Crippen LogP contribution is 2.36. The van der Waals surface area contributed by atoms with Crippen LogP contribution in [0.4, 0.5) is 30.6 Å². The van der Waals surface area contributed by atoms with Crippen LogP contribution in [0.1, 0.15) is 29.5 Å². The van der Waals surface area contributed by atoms with Crippen LogP contribution < -0.4 is 10.6 Å². The van der Waals surface area contributed by atoms with Gasteiger partial charge in [-0.15, -0.1) is 0 Å². The number of hydrogen-bond acceptors (Lipinski definition) is 6. The van der Waals surface area contributed by atoms with Gasteiger partial charge in [0.2, 0.25) is 5.95 Å². The fourth-order valence-electron chi connectivity index (χ4n) is 3.34. The zero-order chi connectivity index (χ0) is 19.7. The van der Waals surface area contributed by atoms with Crippen LogP contribution in [0.5, 0.6) is 0 Å². The minimum atomic E-state index is -4.50. The Morgan fingerprint density at radius 3 is 2.75 bits per heavy atom. The number of benzene rings is 1. The Bertz CT molecular complexity index is 854. The molecule has 0 unspecified atom stereocenters. The van der Waals surface area contributed by atoms with Gasteiger partial charge < -0.3 is 15.7 Å². The summed E-state index contributed by atoms with van der Waals surface area (Å²) in [6, 6.07) is 5.91. The van der Waals surface area contributed by atoms with E-state index in [0.29, 0.717) is 6.54 Å². The molecule has 9 heteroatoms. The second-order valence-corrected chi connectivity index (χ2v) is 7.23. The number of hydrogen-bond donors (Lipinski definition) is 3. The maximum Gasteiger partial charge on any atom is 0.421 e. The predicted molar refractivity (Wildman–Crippen MR) is 99.5 cm³/mol. The van der Waals surface area contributed by atoms with Crippen LogP contribution in [-0.2, 0) is 19.1 Å². The Balaban J connectivity index is 1.55. The zero-order valence-electron chi connectivity index (χ0n) is 15.3. The van der Waals surface area contributed by atoms with Crippen LogP contribution in [0, 0.1) is 0 Å². The first kappa shape index (κ1) is 18.9. The number of β-amino-alcohol motifs (C(OH)–C–C–N with tert-alkyl or cyclic N) is 1. The van der Waals surface area contributed by atoms with E-state index in [0.717, 1.165) is 49.8 Å². The molecule has 4 rings (SSSR count). The van der Waals surface area contributed by atoms with Crippen molar-refractivity contribution in [3.05, 3.63) is 41.1 Å². The lowest BCUT2D eigenvalue weighted by Gasteiger charge is -2.28. The summed E-state index contributed by atoms with van der Waals surface area (Å²) >= 11 is 0. The highest BCUT2D eigenvalue weighted by molar-refractivity contribution is 5.59. The van der Waals surface area contributed by atoms with Crippen molar-refractivity contribution in [2.75, 3.05) is 30.3 Å². The number of anilines is 3. The van der Waals surface area contributed by atoms with Gasteiger partial charge in [-0.3, -0.25) is 4.90 Å². The molecule has 1 aromatic heterocycles. The van der Waals surface area contributed by atoms with E-state index in [4.69, 9.17) is 5.11 Å². The van der Waals surface area contributed by atoms with Crippen molar-refractivity contribution in [2.24, 2.45) is 0 Å². The molecule has 0 spiro atoms. The van der Waals surface area contributed by atoms with E-state index >= 15 is 0 Å². The van der Waals surface area contributed by atoms with Crippen LogP contribution in [0.15, 0.2) is 24.4 Å². The van der Waals surface area contributed by atoms with Crippen molar-refractivity contribution in [3.63, 3.8) is 0 Å². The topological polar surface area (TPSA) is 73.3 Å². The van der Waals surface area contributed by atoms with Gasteiger partial charge in [0.15, 0.2) is 0 Å². The number of aliphatic hydroxyl groups is 1. The number of halogens is 3. The van der Waals surface area contributed by atoms with Gasteiger partial charge in [0.05, 0.1) is 6.61 Å². The SMILES string of the molecule is OCCN1CCc2ccc(Nc3ncc(C(F)(F)F)c(NC4CC4)n3)cc2C1. The molecule has 1 fully saturated rings. The minimum absolute atomic E-state index is 0.0464. The average Bonchev–Trinajstić information content (AvgIpc) is 3.45. The lowest BCUT2D eigenvalue weighted by atomic mass is 9.99. The maximum atomic E-state index is 13.2. The third kappa shape index (κ3) is 4.36. The molecule has 150 valence electrons. The molecule has 0 saturated heterocycles. The molecular weight excluding hydrogens is 371 g/mol. The van der Waals surface area contributed by atoms with Gasteiger partial charge in [-0.1, -0.05) is 6.07 Å². The first-order chi connectivity index (χ1) is 13.4. The van der Waals surface area contributed by atoms with E-state index in [-0.39, 0.29) is 24.4 Å². The quantitative estimate of drug-likeness (QED) is 0.700. The largest absolute Gasteiger partial charge is 0.421 e. The number of nitrogens with one attached hydrogen (secondary N) is 2. The Labute approximate surface area is 160 Å². The fourth-order valence-corrected chi connectivity index (χ4v) is 3.34. The number of aromatic nitrogens is 2. The Hall–Kier alpha value is -2.39. The third-order valence-corrected chi connectivity index (χ3v) is 4.98. The van der Waals surface area contributed by atoms with Crippen LogP contribution in [0.25, 0.3) is 0 Å². The van der Waals surface area contributed by atoms with Crippen molar-refractivity contribution in [2.45, 2.75) is 38.0 Å². The summed E-state index contributed by atoms with van der Waals surface area (Å²) in [6.07, 6.45) is -1.08. The van der Waals surface area contributed by atoms with E-state index in [1.807, 2.05) is 18.2 Å². The van der Waals surface area contributed by atoms with Gasteiger partial charge in [0.25, 0.3) is 0 Å². The van der Waals surface area contributed by atoms with Gasteiger partial charge in [-0.25, -0.2) is 4.98 Å². The molecule has 0 amide bonds. The molecule has 6 nitrogen and oxygen atoms in total. The molecule has 1 aliphatic carbocycles. The molecular formula is C19H22F3N5O. The van der Waals surface area contributed by atoms with E-state index in [1.165, 1.54) is 5.56 Å². The van der Waals surface area contributed by atoms with Crippen molar-refractivity contribution in [1.82, 2.24) is 14.9 Å². The summed E-state index contributed by atoms with van der Waals surface area (Å²) in [5.74, 6) is -0.0568. The summed E-state index contributed by atoms with van der Waals surface area (Å²) in [5, 5.41) is 15.0. The van der Waals surface area contributed by atoms with Gasteiger partial charge in [0.1, 0.15) is 11.4 Å². The van der Waals surface area contributed by atoms with Gasteiger partial charge >= 0.3 is 6.18 Å². The van der Waals surface area contributed by atoms with Crippen LogP contribution in [-0.4, -0.2) is 45.7 Å². The molecule has 3 N–H and O–H groups in total. The summed E-state index contributed by atoms with van der Waals surface area (Å²) < 4.78 is 39.6. The second kappa shape index (κ2) is 7.56. The highest BCUT2D eigenvalue weighted by Gasteiger charge is 2.36. The first-order valence-electron chi connectivity index (χ1n) is 9.35. The number of aliphatic hydroxyl groups excluding tert-OH is 1. The van der Waals surface area contributed by atoms with Crippen molar-refractivity contribution in [1.29, 1.82) is 0 Å². The summed E-state index contributed by atoms with van der Waals surface area (Å²) in [7, 11) is 0. The number of nitrogens with zero attached hydrogens (tertiary/aromatic N) is 3. The number of alkyl halides is 3. The molecule has 1 aliphatic heterocycles. The Kier molecular flexibility index (Phi) is 5.11. The van der Waals surface area contributed by atoms with Crippen molar-refractivity contribution >= 4 is 17.5 Å². The Morgan fingerprint density at radius 2 is 2.04 bits per heavy atom. The lowest BCUT2D eigenvalue weighted by molar-refractivity contribution is -0.137. The molecule has 2 aromatic rings. The fraction of sp³-hybridized carbons (Fsp3) is 0.474. The van der Waals surface area contributed by atoms with Gasteiger partial charge in [-0.05, 0) is 42.5 Å². The van der Waals surface area contributed by atoms with E-state index in [1.54, 1.807) is 0 Å². The first-order valence-corrected chi connectivity index (χ1v) is 9.35. The van der Waals surface area contributed by atoms with Crippen molar-refractivity contribution < 1.29 is 18.3 Å². The number of fused-ring (bicyclic) bond motifs is 1. The van der Waals surface area contributed by atoms with E-state index in [9.17, 15) is 13.2 Å². The standard InChI is InChI=1S/C19H22F3N5O/c20-19(21,22)16-10-23-18(26-17(16)24-14-3-4-14)25-15-2-1-12-5-6-27(7-8-28)11-13(12)9-15/h1-2,9-10,14,28H,3-8,11H2,(H2,23,24,25,26). The smallest absolute Gasteiger partial charge is 0.395 e. The third-order valence-electron chi connectivity index (χ3n) is 4.98. The molecule has 1 aromatic carbocycles. The number of rotatable bonds is 6. The second-order valence-electron chi connectivity index (χ2n) is 7.23. The van der Waals surface area contributed by atoms with Gasteiger partial charge in [-0.2, -0.15) is 18.2 Å². The molecule has 0 bridgehead atoms. The molecule has 0 atom stereocenters. The highest BCUT2D eigenvalue weighted by atomic mass is 19.4. The van der Waals surface area contributed by atoms with Crippen LogP contribution in [0.2, 0.25) is 0 Å². The average molecular weight is 393 g/mol. The van der Waals surface area contributed by atoms with E-state index < -0.39 is 11.7 Å². The van der Waals surface area contributed by atoms with Gasteiger partial charge in [0, 0.05) is 37.6 Å². The summed E-state index contributed by atoms with van der Waals surface area (Å²) in [6.45, 7) is 2.37. The zero-order valence-corrected chi connectivity index (χ0v) is 15.3. The van der Waals surface area contributed by atoms with Crippen LogP contribution >= 0.6 is 0 Å². The monoisotopic (exact) mass is 393 g/mol. The maximum absolute atomic E-state index is 13.2. The summed E-state index contributed by atoms with van der Waals surface area (Å²) in [4.78, 5) is 10.1. The molecule has 2 aliphatic rings. The van der Waals surface area contributed by atoms with Crippen LogP contribution in [0.3, 0.4) is 0 Å². The van der Waals surface area contributed by atoms with Crippen molar-refractivity contribution in [3.8, 4) is 0 Å². The summed E-state index contributed by atoms with van der Waals surface area (Å²) in [5.41, 5.74) is 2.24. The molecule has 2 heterocycles. The molecule has 0 radical (unpaired) electrons. The molecule has 28 heavy (non-hydrogen) atoms. The lowest BCUT2D eigenvalue weighted by Crippen LogP contribution is -2.32. The normalized spacial score (nSPS) is 17.3. The minimum Gasteiger partial charge on any atom is -0.395 e. The van der Waals surface area contributed by atoms with E-state index in [2.05, 4.69) is 25.5 Å². The molecule has 1 saturated carbocycles.